The Morgan fingerprint density at radius 2 is 2.23 bits per heavy atom. The van der Waals surface area contributed by atoms with E-state index in [9.17, 15) is 4.79 Å². The van der Waals surface area contributed by atoms with E-state index in [1.54, 1.807) is 11.8 Å². The van der Waals surface area contributed by atoms with Gasteiger partial charge in [-0.15, -0.1) is 22.0 Å². The van der Waals surface area contributed by atoms with Crippen LogP contribution in [-0.4, -0.2) is 32.0 Å². The summed E-state index contributed by atoms with van der Waals surface area (Å²) in [6, 6.07) is 8.46. The maximum absolute atomic E-state index is 12.5. The lowest BCUT2D eigenvalue weighted by atomic mass is 10.1. The second-order valence-corrected chi connectivity index (χ2v) is 7.18. The zero-order chi connectivity index (χ0) is 15.1. The highest BCUT2D eigenvalue weighted by Crippen LogP contribution is 2.36. The molecule has 5 nitrogen and oxygen atoms in total. The highest BCUT2D eigenvalue weighted by molar-refractivity contribution is 8.01. The molecule has 0 unspecified atom stereocenters. The molecule has 2 aliphatic rings. The molecule has 4 rings (SSSR count). The summed E-state index contributed by atoms with van der Waals surface area (Å²) in [7, 11) is 0. The molecule has 1 amide bonds. The minimum absolute atomic E-state index is 0.000746. The van der Waals surface area contributed by atoms with E-state index >= 15 is 0 Å². The minimum Gasteiger partial charge on any atom is -0.351 e. The number of fused-ring (bicyclic) bond motifs is 2. The van der Waals surface area contributed by atoms with Gasteiger partial charge in [-0.05, 0) is 31.4 Å². The summed E-state index contributed by atoms with van der Waals surface area (Å²) in [5.74, 6) is 2.11. The van der Waals surface area contributed by atoms with Crippen molar-refractivity contribution in [1.82, 2.24) is 20.1 Å². The normalized spacial score (nSPS) is 23.0. The van der Waals surface area contributed by atoms with Crippen molar-refractivity contribution in [2.45, 2.75) is 48.9 Å². The molecule has 0 radical (unpaired) electrons. The van der Waals surface area contributed by atoms with E-state index in [4.69, 9.17) is 0 Å². The van der Waals surface area contributed by atoms with Crippen LogP contribution in [0.5, 0.6) is 0 Å². The molecular formula is C16H18N4OS. The van der Waals surface area contributed by atoms with Crippen LogP contribution in [0.25, 0.3) is 0 Å². The highest BCUT2D eigenvalue weighted by atomic mass is 32.2. The van der Waals surface area contributed by atoms with Crippen molar-refractivity contribution in [3.8, 4) is 0 Å². The predicted octanol–water partition coefficient (Wildman–Crippen LogP) is 1.73. The molecule has 0 saturated heterocycles. The molecular weight excluding hydrogens is 296 g/mol. The minimum atomic E-state index is 0.000746. The van der Waals surface area contributed by atoms with Crippen molar-refractivity contribution < 1.29 is 4.79 Å². The number of carbonyl (C=O) groups excluding carboxylic acids is 1. The SMILES string of the molecule is Cc1nnc2n1C[C@@H](NC(=O)[C@H]1Cc3ccccc3S1)CC2. The fraction of sp³-hybridized carbons (Fsp3) is 0.438. The summed E-state index contributed by atoms with van der Waals surface area (Å²) in [5, 5.41) is 11.5. The standard InChI is InChI=1S/C16H18N4OS/c1-10-18-19-15-7-6-12(9-20(10)15)17-16(21)14-8-11-4-2-3-5-13(11)22-14/h2-5,12,14H,6-9H2,1H3,(H,17,21)/t12-,14+/m0/s1. The summed E-state index contributed by atoms with van der Waals surface area (Å²) >= 11 is 1.68. The number of aromatic nitrogens is 3. The van der Waals surface area contributed by atoms with Crippen LogP contribution in [0, 0.1) is 6.92 Å². The first-order valence-corrected chi connectivity index (χ1v) is 8.52. The smallest absolute Gasteiger partial charge is 0.234 e. The second-order valence-electron chi connectivity index (χ2n) is 5.94. The number of benzene rings is 1. The molecule has 6 heteroatoms. The lowest BCUT2D eigenvalue weighted by molar-refractivity contribution is -0.121. The molecule has 114 valence electrons. The largest absolute Gasteiger partial charge is 0.351 e. The molecule has 0 aliphatic carbocycles. The Hall–Kier alpha value is -1.82. The lowest BCUT2D eigenvalue weighted by Crippen LogP contribution is -2.44. The predicted molar refractivity (Wildman–Crippen MR) is 84.8 cm³/mol. The van der Waals surface area contributed by atoms with Gasteiger partial charge in [-0.3, -0.25) is 4.79 Å². The second kappa shape index (κ2) is 5.43. The maximum Gasteiger partial charge on any atom is 0.234 e. The van der Waals surface area contributed by atoms with Crippen LogP contribution in [0.2, 0.25) is 0 Å². The Morgan fingerprint density at radius 3 is 3.09 bits per heavy atom. The zero-order valence-electron chi connectivity index (χ0n) is 12.5. The van der Waals surface area contributed by atoms with Crippen LogP contribution in [-0.2, 0) is 24.2 Å². The number of carbonyl (C=O) groups is 1. The number of thioether (sulfide) groups is 1. The third-order valence-electron chi connectivity index (χ3n) is 4.42. The van der Waals surface area contributed by atoms with Gasteiger partial charge in [0.15, 0.2) is 0 Å². The number of hydrogen-bond acceptors (Lipinski definition) is 4. The van der Waals surface area contributed by atoms with E-state index in [-0.39, 0.29) is 17.2 Å². The average Bonchev–Trinajstić information content (AvgIpc) is 3.11. The van der Waals surface area contributed by atoms with Gasteiger partial charge in [0, 0.05) is 23.9 Å². The van der Waals surface area contributed by atoms with Crippen molar-refractivity contribution in [2.24, 2.45) is 0 Å². The number of hydrogen-bond donors (Lipinski definition) is 1. The fourth-order valence-electron chi connectivity index (χ4n) is 3.20. The van der Waals surface area contributed by atoms with E-state index in [2.05, 4.69) is 32.2 Å². The molecule has 2 atom stereocenters. The van der Waals surface area contributed by atoms with Crippen LogP contribution in [0.4, 0.5) is 0 Å². The number of rotatable bonds is 2. The molecule has 1 aromatic carbocycles. The number of amides is 1. The first kappa shape index (κ1) is 13.8. The molecule has 22 heavy (non-hydrogen) atoms. The fourth-order valence-corrected chi connectivity index (χ4v) is 4.41. The molecule has 2 aliphatic heterocycles. The van der Waals surface area contributed by atoms with Gasteiger partial charge in [-0.1, -0.05) is 18.2 Å². The maximum atomic E-state index is 12.5. The summed E-state index contributed by atoms with van der Waals surface area (Å²) in [6.45, 7) is 2.74. The van der Waals surface area contributed by atoms with Gasteiger partial charge in [-0.2, -0.15) is 0 Å². The number of nitrogens with zero attached hydrogens (tertiary/aromatic N) is 3. The average molecular weight is 314 g/mol. The Kier molecular flexibility index (Phi) is 3.41. The Morgan fingerprint density at radius 1 is 1.36 bits per heavy atom. The van der Waals surface area contributed by atoms with Gasteiger partial charge in [0.1, 0.15) is 11.6 Å². The van der Waals surface area contributed by atoms with Gasteiger partial charge in [-0.25, -0.2) is 0 Å². The van der Waals surface area contributed by atoms with Crippen LogP contribution in [0.3, 0.4) is 0 Å². The van der Waals surface area contributed by atoms with Gasteiger partial charge >= 0.3 is 0 Å². The zero-order valence-corrected chi connectivity index (χ0v) is 13.3. The van der Waals surface area contributed by atoms with Crippen LogP contribution in [0.15, 0.2) is 29.2 Å². The summed E-state index contributed by atoms with van der Waals surface area (Å²) in [5.41, 5.74) is 1.29. The molecule has 1 N–H and O–H groups in total. The molecule has 3 heterocycles. The Labute approximate surface area is 133 Å². The Balaban J connectivity index is 1.41. The Bertz CT molecular complexity index is 702. The van der Waals surface area contributed by atoms with Crippen LogP contribution in [0.1, 0.15) is 23.6 Å². The molecule has 0 bridgehead atoms. The lowest BCUT2D eigenvalue weighted by Gasteiger charge is -2.26. The van der Waals surface area contributed by atoms with Gasteiger partial charge in [0.05, 0.1) is 5.25 Å². The van der Waals surface area contributed by atoms with Crippen molar-refractivity contribution >= 4 is 17.7 Å². The van der Waals surface area contributed by atoms with Crippen molar-refractivity contribution in [1.29, 1.82) is 0 Å². The molecule has 0 saturated carbocycles. The topological polar surface area (TPSA) is 59.8 Å². The van der Waals surface area contributed by atoms with E-state index in [1.807, 2.05) is 19.1 Å². The quantitative estimate of drug-likeness (QED) is 0.917. The summed E-state index contributed by atoms with van der Waals surface area (Å²) < 4.78 is 2.12. The number of nitrogens with one attached hydrogen (secondary N) is 1. The van der Waals surface area contributed by atoms with Crippen LogP contribution < -0.4 is 5.32 Å². The summed E-state index contributed by atoms with van der Waals surface area (Å²) in [6.07, 6.45) is 2.65. The molecule has 1 aromatic heterocycles. The van der Waals surface area contributed by atoms with Crippen LogP contribution >= 0.6 is 11.8 Å². The van der Waals surface area contributed by atoms with Crippen molar-refractivity contribution in [2.75, 3.05) is 0 Å². The number of aryl methyl sites for hydroxylation is 2. The van der Waals surface area contributed by atoms with E-state index in [0.717, 1.165) is 37.5 Å². The monoisotopic (exact) mass is 314 g/mol. The molecule has 0 fully saturated rings. The van der Waals surface area contributed by atoms with Crippen molar-refractivity contribution in [3.05, 3.63) is 41.5 Å². The first-order valence-electron chi connectivity index (χ1n) is 7.64. The first-order chi connectivity index (χ1) is 10.7. The van der Waals surface area contributed by atoms with Crippen molar-refractivity contribution in [3.63, 3.8) is 0 Å². The van der Waals surface area contributed by atoms with Gasteiger partial charge < -0.3 is 9.88 Å². The highest BCUT2D eigenvalue weighted by Gasteiger charge is 2.30. The van der Waals surface area contributed by atoms with E-state index < -0.39 is 0 Å². The van der Waals surface area contributed by atoms with E-state index in [0.29, 0.717) is 0 Å². The third-order valence-corrected chi connectivity index (χ3v) is 5.74. The van der Waals surface area contributed by atoms with Gasteiger partial charge in [0.25, 0.3) is 0 Å². The summed E-state index contributed by atoms with van der Waals surface area (Å²) in [4.78, 5) is 13.8. The molecule has 2 aromatic rings. The third kappa shape index (κ3) is 2.41. The van der Waals surface area contributed by atoms with Gasteiger partial charge in [0.2, 0.25) is 5.91 Å². The molecule has 0 spiro atoms. The van der Waals surface area contributed by atoms with E-state index in [1.165, 1.54) is 10.5 Å².